The van der Waals surface area contributed by atoms with E-state index in [1.807, 2.05) is 0 Å². The number of thiocarbonyl (C=S) groups is 1. The molecule has 0 aliphatic carbocycles. The van der Waals surface area contributed by atoms with Crippen LogP contribution in [0.1, 0.15) is 34.9 Å². The average molecular weight is 321 g/mol. The lowest BCUT2D eigenvalue weighted by molar-refractivity contribution is 0.102. The zero-order chi connectivity index (χ0) is 15.4. The highest BCUT2D eigenvalue weighted by Crippen LogP contribution is 2.18. The van der Waals surface area contributed by atoms with Gasteiger partial charge in [0.1, 0.15) is 15.7 Å². The van der Waals surface area contributed by atoms with E-state index >= 15 is 0 Å². The average Bonchev–Trinajstić information content (AvgIpc) is 2.85. The summed E-state index contributed by atoms with van der Waals surface area (Å²) in [6.45, 7) is 4.21. The third kappa shape index (κ3) is 4.27. The van der Waals surface area contributed by atoms with Crippen molar-refractivity contribution in [2.24, 2.45) is 11.7 Å². The number of carbonyl (C=O) groups excluding carboxylic acids is 1. The van der Waals surface area contributed by atoms with Crippen LogP contribution < -0.4 is 11.1 Å². The molecular weight excluding hydrogens is 306 g/mol. The smallest absolute Gasteiger partial charge is 0.276 e. The SMILES string of the molecule is CC(C)Cc1nnc(NC(=O)c2ccc(C(N)=S)cn2)s1. The van der Waals surface area contributed by atoms with Gasteiger partial charge in [0.15, 0.2) is 0 Å². The lowest BCUT2D eigenvalue weighted by Gasteiger charge is -2.02. The van der Waals surface area contributed by atoms with Crippen LogP contribution in [0.2, 0.25) is 0 Å². The van der Waals surface area contributed by atoms with Gasteiger partial charge in [0, 0.05) is 18.2 Å². The second-order valence-electron chi connectivity index (χ2n) is 4.85. The van der Waals surface area contributed by atoms with E-state index in [-0.39, 0.29) is 16.6 Å². The normalized spacial score (nSPS) is 10.6. The van der Waals surface area contributed by atoms with E-state index in [1.54, 1.807) is 12.1 Å². The monoisotopic (exact) mass is 321 g/mol. The quantitative estimate of drug-likeness (QED) is 0.818. The number of nitrogens with two attached hydrogens (primary N) is 1. The molecule has 2 rings (SSSR count). The summed E-state index contributed by atoms with van der Waals surface area (Å²) in [5, 5.41) is 12.0. The second kappa shape index (κ2) is 6.68. The molecule has 0 saturated carbocycles. The Labute approximate surface area is 131 Å². The van der Waals surface area contributed by atoms with Crippen molar-refractivity contribution in [1.82, 2.24) is 15.2 Å². The molecule has 2 aromatic heterocycles. The highest BCUT2D eigenvalue weighted by Gasteiger charge is 2.12. The lowest BCUT2D eigenvalue weighted by Crippen LogP contribution is -2.15. The van der Waals surface area contributed by atoms with Crippen LogP contribution in [0.25, 0.3) is 0 Å². The second-order valence-corrected chi connectivity index (χ2v) is 6.35. The number of hydrogen-bond donors (Lipinski definition) is 2. The van der Waals surface area contributed by atoms with Crippen LogP contribution in [0, 0.1) is 5.92 Å². The van der Waals surface area contributed by atoms with E-state index in [0.717, 1.165) is 11.4 Å². The van der Waals surface area contributed by atoms with Gasteiger partial charge in [-0.15, -0.1) is 10.2 Å². The van der Waals surface area contributed by atoms with Gasteiger partial charge in [-0.25, -0.2) is 0 Å². The summed E-state index contributed by atoms with van der Waals surface area (Å²) in [5.74, 6) is 0.160. The highest BCUT2D eigenvalue weighted by molar-refractivity contribution is 7.80. The van der Waals surface area contributed by atoms with Crippen LogP contribution in [0.4, 0.5) is 5.13 Å². The molecule has 0 unspecified atom stereocenters. The molecule has 0 atom stereocenters. The molecule has 110 valence electrons. The molecule has 0 aromatic carbocycles. The number of aromatic nitrogens is 3. The maximum Gasteiger partial charge on any atom is 0.276 e. The van der Waals surface area contributed by atoms with Gasteiger partial charge in [-0.2, -0.15) is 0 Å². The fraction of sp³-hybridized carbons (Fsp3) is 0.308. The number of rotatable bonds is 5. The van der Waals surface area contributed by atoms with Gasteiger partial charge in [0.05, 0.1) is 0 Å². The molecule has 0 aliphatic heterocycles. The molecule has 3 N–H and O–H groups in total. The lowest BCUT2D eigenvalue weighted by atomic mass is 10.1. The number of amides is 1. The van der Waals surface area contributed by atoms with Crippen molar-refractivity contribution in [3.63, 3.8) is 0 Å². The van der Waals surface area contributed by atoms with Gasteiger partial charge in [0.2, 0.25) is 5.13 Å². The predicted octanol–water partition coefficient (Wildman–Crippen LogP) is 2.02. The minimum absolute atomic E-state index is 0.247. The molecule has 8 heteroatoms. The van der Waals surface area contributed by atoms with Crippen LogP contribution in [-0.4, -0.2) is 26.1 Å². The van der Waals surface area contributed by atoms with Crippen molar-refractivity contribution >= 4 is 39.6 Å². The fourth-order valence-electron chi connectivity index (χ4n) is 1.57. The van der Waals surface area contributed by atoms with Crippen molar-refractivity contribution in [2.45, 2.75) is 20.3 Å². The van der Waals surface area contributed by atoms with Crippen molar-refractivity contribution in [2.75, 3.05) is 5.32 Å². The van der Waals surface area contributed by atoms with Gasteiger partial charge >= 0.3 is 0 Å². The van der Waals surface area contributed by atoms with Crippen molar-refractivity contribution < 1.29 is 4.79 Å². The first-order valence-electron chi connectivity index (χ1n) is 6.35. The third-order valence-electron chi connectivity index (χ3n) is 2.55. The van der Waals surface area contributed by atoms with Crippen LogP contribution in [0.5, 0.6) is 0 Å². The standard InChI is InChI=1S/C13H15N5OS2/c1-7(2)5-10-17-18-13(21-10)16-12(19)9-4-3-8(6-15-9)11(14)20/h3-4,6-7H,5H2,1-2H3,(H2,14,20)(H,16,18,19). The Hall–Kier alpha value is -1.93. The Morgan fingerprint density at radius 2 is 2.19 bits per heavy atom. The number of nitrogens with one attached hydrogen (secondary N) is 1. The highest BCUT2D eigenvalue weighted by atomic mass is 32.1. The fourth-order valence-corrected chi connectivity index (χ4v) is 2.64. The zero-order valence-corrected chi connectivity index (χ0v) is 13.3. The molecule has 6 nitrogen and oxygen atoms in total. The summed E-state index contributed by atoms with van der Waals surface area (Å²) in [6.07, 6.45) is 2.32. The first kappa shape index (κ1) is 15.5. The number of carbonyl (C=O) groups is 1. The van der Waals surface area contributed by atoms with E-state index in [0.29, 0.717) is 16.6 Å². The van der Waals surface area contributed by atoms with E-state index < -0.39 is 0 Å². The van der Waals surface area contributed by atoms with Gasteiger partial charge in [-0.05, 0) is 18.1 Å². The van der Waals surface area contributed by atoms with Crippen LogP contribution in [0.15, 0.2) is 18.3 Å². The van der Waals surface area contributed by atoms with Crippen LogP contribution in [-0.2, 0) is 6.42 Å². The Balaban J connectivity index is 2.03. The molecule has 0 bridgehead atoms. The van der Waals surface area contributed by atoms with Crippen molar-refractivity contribution in [1.29, 1.82) is 0 Å². The topological polar surface area (TPSA) is 93.8 Å². The molecule has 0 saturated heterocycles. The zero-order valence-electron chi connectivity index (χ0n) is 11.7. The van der Waals surface area contributed by atoms with Gasteiger partial charge in [-0.1, -0.05) is 37.4 Å². The van der Waals surface area contributed by atoms with Crippen molar-refractivity contribution in [3.8, 4) is 0 Å². The Kier molecular flexibility index (Phi) is 4.92. The first-order valence-corrected chi connectivity index (χ1v) is 7.57. The number of nitrogens with zero attached hydrogens (tertiary/aromatic N) is 3. The number of pyridine rings is 1. The molecule has 0 spiro atoms. The molecular formula is C13H15N5OS2. The van der Waals surface area contributed by atoms with Crippen molar-refractivity contribution in [3.05, 3.63) is 34.6 Å². The molecule has 2 heterocycles. The van der Waals surface area contributed by atoms with Crippen LogP contribution >= 0.6 is 23.6 Å². The minimum atomic E-state index is -0.336. The van der Waals surface area contributed by atoms with Gasteiger partial charge in [0.25, 0.3) is 5.91 Å². The van der Waals surface area contributed by atoms with E-state index in [1.165, 1.54) is 17.5 Å². The number of hydrogen-bond acceptors (Lipinski definition) is 6. The third-order valence-corrected chi connectivity index (χ3v) is 3.65. The summed E-state index contributed by atoms with van der Waals surface area (Å²) >= 11 is 6.20. The summed E-state index contributed by atoms with van der Waals surface area (Å²) in [7, 11) is 0. The Morgan fingerprint density at radius 1 is 1.43 bits per heavy atom. The Morgan fingerprint density at radius 3 is 2.76 bits per heavy atom. The number of anilines is 1. The largest absolute Gasteiger partial charge is 0.389 e. The summed E-state index contributed by atoms with van der Waals surface area (Å²) in [4.78, 5) is 16.3. The van der Waals surface area contributed by atoms with Gasteiger partial charge < -0.3 is 5.73 Å². The molecule has 1 amide bonds. The summed E-state index contributed by atoms with van der Waals surface area (Å²) in [6, 6.07) is 3.23. The van der Waals surface area contributed by atoms with E-state index in [4.69, 9.17) is 18.0 Å². The molecule has 0 aliphatic rings. The molecule has 21 heavy (non-hydrogen) atoms. The van der Waals surface area contributed by atoms with E-state index in [9.17, 15) is 4.79 Å². The van der Waals surface area contributed by atoms with Crippen LogP contribution in [0.3, 0.4) is 0 Å². The minimum Gasteiger partial charge on any atom is -0.389 e. The Bertz CT molecular complexity index is 651. The maximum atomic E-state index is 12.0. The summed E-state index contributed by atoms with van der Waals surface area (Å²) in [5.41, 5.74) is 6.38. The maximum absolute atomic E-state index is 12.0. The molecule has 2 aromatic rings. The summed E-state index contributed by atoms with van der Waals surface area (Å²) < 4.78 is 0. The van der Waals surface area contributed by atoms with E-state index in [2.05, 4.69) is 34.3 Å². The first-order chi connectivity index (χ1) is 9.95. The predicted molar refractivity (Wildman–Crippen MR) is 86.5 cm³/mol. The molecule has 0 fully saturated rings. The molecule has 0 radical (unpaired) electrons. The van der Waals surface area contributed by atoms with Gasteiger partial charge in [-0.3, -0.25) is 15.1 Å².